The number of hydrogen-bond acceptors (Lipinski definition) is 3. The molecule has 0 bridgehead atoms. The number of hydrogen-bond donors (Lipinski definition) is 1. The van der Waals surface area contributed by atoms with E-state index >= 15 is 0 Å². The van der Waals surface area contributed by atoms with Crippen LogP contribution < -0.4 is 5.32 Å². The van der Waals surface area contributed by atoms with Crippen LogP contribution in [0.3, 0.4) is 0 Å². The van der Waals surface area contributed by atoms with E-state index in [-0.39, 0.29) is 5.92 Å². The van der Waals surface area contributed by atoms with E-state index in [0.29, 0.717) is 11.9 Å². The van der Waals surface area contributed by atoms with Crippen LogP contribution in [-0.2, 0) is 4.79 Å². The van der Waals surface area contributed by atoms with E-state index in [4.69, 9.17) is 0 Å². The fourth-order valence-electron chi connectivity index (χ4n) is 2.80. The van der Waals surface area contributed by atoms with Gasteiger partial charge in [0.15, 0.2) is 0 Å². The molecule has 1 amide bonds. The molecule has 4 heteroatoms. The van der Waals surface area contributed by atoms with Crippen LogP contribution in [0.4, 0.5) is 0 Å². The molecule has 0 aromatic carbocycles. The third-order valence-electron chi connectivity index (χ3n) is 3.74. The van der Waals surface area contributed by atoms with Crippen molar-refractivity contribution < 1.29 is 4.79 Å². The predicted molar refractivity (Wildman–Crippen MR) is 64.3 cm³/mol. The van der Waals surface area contributed by atoms with Gasteiger partial charge >= 0.3 is 0 Å². The molecular weight excluding hydrogens is 202 g/mol. The molecule has 0 aromatic heterocycles. The second-order valence-electron chi connectivity index (χ2n) is 5.19. The molecule has 2 fully saturated rings. The van der Waals surface area contributed by atoms with Crippen LogP contribution in [0.25, 0.3) is 0 Å². The van der Waals surface area contributed by atoms with Gasteiger partial charge in [0.05, 0.1) is 5.92 Å². The molecular formula is C12H23N3O. The molecule has 16 heavy (non-hydrogen) atoms. The zero-order valence-corrected chi connectivity index (χ0v) is 10.4. The quantitative estimate of drug-likeness (QED) is 0.690. The fourth-order valence-corrected chi connectivity index (χ4v) is 2.80. The second-order valence-corrected chi connectivity index (χ2v) is 5.19. The standard InChI is InChI=1S/C12H23N3O/c1-10-9-14(2)6-3-7-15(10)12(16)11-4-5-13-8-11/h10-11,13H,3-9H2,1-2H3. The lowest BCUT2D eigenvalue weighted by Crippen LogP contribution is -2.45. The summed E-state index contributed by atoms with van der Waals surface area (Å²) < 4.78 is 0. The van der Waals surface area contributed by atoms with E-state index in [1.165, 1.54) is 0 Å². The summed E-state index contributed by atoms with van der Waals surface area (Å²) in [6.45, 7) is 7.09. The van der Waals surface area contributed by atoms with E-state index in [1.54, 1.807) is 0 Å². The smallest absolute Gasteiger partial charge is 0.227 e. The Hall–Kier alpha value is -0.610. The molecule has 0 aliphatic carbocycles. The minimum atomic E-state index is 0.228. The van der Waals surface area contributed by atoms with E-state index in [2.05, 4.69) is 29.1 Å². The zero-order chi connectivity index (χ0) is 11.5. The minimum Gasteiger partial charge on any atom is -0.338 e. The topological polar surface area (TPSA) is 35.6 Å². The molecule has 92 valence electrons. The Balaban J connectivity index is 1.98. The van der Waals surface area contributed by atoms with Gasteiger partial charge < -0.3 is 15.1 Å². The van der Waals surface area contributed by atoms with Crippen molar-refractivity contribution in [2.45, 2.75) is 25.8 Å². The molecule has 2 aliphatic rings. The lowest BCUT2D eigenvalue weighted by molar-refractivity contribution is -0.136. The van der Waals surface area contributed by atoms with Crippen molar-refractivity contribution in [3.05, 3.63) is 0 Å². The first-order chi connectivity index (χ1) is 7.68. The first-order valence-electron chi connectivity index (χ1n) is 6.38. The van der Waals surface area contributed by atoms with Gasteiger partial charge in [-0.25, -0.2) is 0 Å². The Labute approximate surface area is 98.0 Å². The number of nitrogens with one attached hydrogen (secondary N) is 1. The average molecular weight is 225 g/mol. The summed E-state index contributed by atoms with van der Waals surface area (Å²) in [6, 6.07) is 0.362. The van der Waals surface area contributed by atoms with Crippen LogP contribution in [-0.4, -0.2) is 61.5 Å². The van der Waals surface area contributed by atoms with E-state index < -0.39 is 0 Å². The van der Waals surface area contributed by atoms with Crippen molar-refractivity contribution >= 4 is 5.91 Å². The van der Waals surface area contributed by atoms with Gasteiger partial charge in [-0.3, -0.25) is 4.79 Å². The maximum Gasteiger partial charge on any atom is 0.227 e. The summed E-state index contributed by atoms with van der Waals surface area (Å²) in [4.78, 5) is 16.8. The van der Waals surface area contributed by atoms with Gasteiger partial charge in [-0.15, -0.1) is 0 Å². The number of likely N-dealkylation sites (N-methyl/N-ethyl adjacent to an activating group) is 1. The number of rotatable bonds is 1. The number of carbonyl (C=O) groups excluding carboxylic acids is 1. The number of carbonyl (C=O) groups is 1. The molecule has 0 aromatic rings. The molecule has 0 radical (unpaired) electrons. The molecule has 2 saturated heterocycles. The summed E-state index contributed by atoms with van der Waals surface area (Å²) in [5.74, 6) is 0.596. The highest BCUT2D eigenvalue weighted by Gasteiger charge is 2.30. The van der Waals surface area contributed by atoms with Crippen molar-refractivity contribution in [3.63, 3.8) is 0 Å². The van der Waals surface area contributed by atoms with Crippen molar-refractivity contribution in [1.82, 2.24) is 15.1 Å². The third kappa shape index (κ3) is 2.55. The van der Waals surface area contributed by atoms with Gasteiger partial charge in [-0.1, -0.05) is 0 Å². The Morgan fingerprint density at radius 3 is 2.88 bits per heavy atom. The summed E-state index contributed by atoms with van der Waals surface area (Å²) in [5, 5.41) is 3.27. The molecule has 2 aliphatic heterocycles. The van der Waals surface area contributed by atoms with Gasteiger partial charge in [-0.05, 0) is 39.9 Å². The Bertz CT molecular complexity index is 251. The van der Waals surface area contributed by atoms with Gasteiger partial charge in [0.25, 0.3) is 0 Å². The van der Waals surface area contributed by atoms with Crippen molar-refractivity contribution in [1.29, 1.82) is 0 Å². The molecule has 0 spiro atoms. The molecule has 2 heterocycles. The maximum absolute atomic E-state index is 12.3. The Morgan fingerprint density at radius 2 is 2.19 bits per heavy atom. The van der Waals surface area contributed by atoms with Crippen molar-refractivity contribution in [2.24, 2.45) is 5.92 Å². The van der Waals surface area contributed by atoms with Crippen LogP contribution in [0, 0.1) is 5.92 Å². The lowest BCUT2D eigenvalue weighted by atomic mass is 10.1. The lowest BCUT2D eigenvalue weighted by Gasteiger charge is -2.30. The van der Waals surface area contributed by atoms with Gasteiger partial charge in [0.2, 0.25) is 5.91 Å². The molecule has 2 rings (SSSR count). The molecule has 4 nitrogen and oxygen atoms in total. The monoisotopic (exact) mass is 225 g/mol. The number of amides is 1. The molecule has 0 saturated carbocycles. The molecule has 2 atom stereocenters. The maximum atomic E-state index is 12.3. The Kier molecular flexibility index (Phi) is 3.82. The van der Waals surface area contributed by atoms with Gasteiger partial charge in [0.1, 0.15) is 0 Å². The molecule has 2 unspecified atom stereocenters. The average Bonchev–Trinajstić information content (AvgIpc) is 2.71. The van der Waals surface area contributed by atoms with Gasteiger partial charge in [-0.2, -0.15) is 0 Å². The predicted octanol–water partition coefficient (Wildman–Crippen LogP) is 0.149. The van der Waals surface area contributed by atoms with Crippen LogP contribution in [0.1, 0.15) is 19.8 Å². The highest BCUT2D eigenvalue weighted by molar-refractivity contribution is 5.79. The minimum absolute atomic E-state index is 0.228. The molecule has 1 N–H and O–H groups in total. The Morgan fingerprint density at radius 1 is 1.38 bits per heavy atom. The highest BCUT2D eigenvalue weighted by atomic mass is 16.2. The van der Waals surface area contributed by atoms with Crippen LogP contribution >= 0.6 is 0 Å². The van der Waals surface area contributed by atoms with E-state index in [0.717, 1.165) is 45.6 Å². The number of nitrogens with zero attached hydrogens (tertiary/aromatic N) is 2. The summed E-state index contributed by atoms with van der Waals surface area (Å²) >= 11 is 0. The SMILES string of the molecule is CC1CN(C)CCCN1C(=O)C1CCNC1. The summed E-state index contributed by atoms with van der Waals surface area (Å²) in [7, 11) is 2.14. The summed E-state index contributed by atoms with van der Waals surface area (Å²) in [6.07, 6.45) is 2.12. The first-order valence-corrected chi connectivity index (χ1v) is 6.38. The highest BCUT2D eigenvalue weighted by Crippen LogP contribution is 2.16. The van der Waals surface area contributed by atoms with E-state index in [1.807, 2.05) is 0 Å². The van der Waals surface area contributed by atoms with Crippen molar-refractivity contribution in [2.75, 3.05) is 39.8 Å². The van der Waals surface area contributed by atoms with Crippen LogP contribution in [0.5, 0.6) is 0 Å². The van der Waals surface area contributed by atoms with Crippen molar-refractivity contribution in [3.8, 4) is 0 Å². The normalized spacial score (nSPS) is 32.8. The van der Waals surface area contributed by atoms with Gasteiger partial charge in [0, 0.05) is 25.7 Å². The van der Waals surface area contributed by atoms with Crippen LogP contribution in [0.15, 0.2) is 0 Å². The summed E-state index contributed by atoms with van der Waals surface area (Å²) in [5.41, 5.74) is 0. The van der Waals surface area contributed by atoms with Crippen LogP contribution in [0.2, 0.25) is 0 Å². The van der Waals surface area contributed by atoms with E-state index in [9.17, 15) is 4.79 Å². The zero-order valence-electron chi connectivity index (χ0n) is 10.4. The second kappa shape index (κ2) is 5.15. The largest absolute Gasteiger partial charge is 0.338 e. The fraction of sp³-hybridized carbons (Fsp3) is 0.917. The third-order valence-corrected chi connectivity index (χ3v) is 3.74. The first kappa shape index (κ1) is 11.9.